The molecule has 3 rings (SSSR count). The van der Waals surface area contributed by atoms with Crippen molar-refractivity contribution in [3.8, 4) is 0 Å². The number of esters is 1. The molecule has 1 aromatic carbocycles. The fourth-order valence-corrected chi connectivity index (χ4v) is 5.45. The third-order valence-electron chi connectivity index (χ3n) is 7.42. The molecule has 0 aliphatic carbocycles. The number of piperidine rings is 2. The van der Waals surface area contributed by atoms with Crippen LogP contribution in [0, 0.1) is 17.8 Å². The zero-order valence-corrected chi connectivity index (χ0v) is 21.1. The smallest absolute Gasteiger partial charge is 0.416 e. The van der Waals surface area contributed by atoms with Gasteiger partial charge in [0.2, 0.25) is 5.91 Å². The van der Waals surface area contributed by atoms with Gasteiger partial charge in [0.05, 0.1) is 24.3 Å². The predicted molar refractivity (Wildman–Crippen MR) is 124 cm³/mol. The fraction of sp³-hybridized carbons (Fsp3) is 0.692. The van der Waals surface area contributed by atoms with Gasteiger partial charge in [0, 0.05) is 19.0 Å². The predicted octanol–water partition coefficient (Wildman–Crippen LogP) is 5.42. The normalized spacial score (nSPS) is 19.6. The maximum atomic E-state index is 13.2. The van der Waals surface area contributed by atoms with Crippen LogP contribution in [0.4, 0.5) is 26.3 Å². The summed E-state index contributed by atoms with van der Waals surface area (Å²) in [5, 5.41) is 0. The zero-order chi connectivity index (χ0) is 27.4. The lowest BCUT2D eigenvalue weighted by molar-refractivity contribution is -0.145. The second-order valence-corrected chi connectivity index (χ2v) is 10.1. The lowest BCUT2D eigenvalue weighted by Crippen LogP contribution is -2.45. The Morgan fingerprint density at radius 1 is 0.892 bits per heavy atom. The van der Waals surface area contributed by atoms with Crippen molar-refractivity contribution in [1.29, 1.82) is 0 Å². The van der Waals surface area contributed by atoms with Crippen molar-refractivity contribution in [3.05, 3.63) is 34.9 Å². The Bertz CT molecular complexity index is 901. The van der Waals surface area contributed by atoms with Crippen molar-refractivity contribution in [3.63, 3.8) is 0 Å². The maximum Gasteiger partial charge on any atom is 0.416 e. The average molecular weight is 537 g/mol. The first-order valence-corrected chi connectivity index (χ1v) is 12.7. The summed E-state index contributed by atoms with van der Waals surface area (Å²) < 4.78 is 83.9. The molecule has 0 N–H and O–H groups in total. The Kier molecular flexibility index (Phi) is 9.52. The molecular formula is C26H34F6N2O3. The zero-order valence-electron chi connectivity index (χ0n) is 21.1. The van der Waals surface area contributed by atoms with Crippen LogP contribution >= 0.6 is 0 Å². The number of carbonyl (C=O) groups excluding carboxylic acids is 2. The van der Waals surface area contributed by atoms with E-state index in [-0.39, 0.29) is 29.9 Å². The molecule has 11 heteroatoms. The van der Waals surface area contributed by atoms with Crippen molar-refractivity contribution in [2.24, 2.45) is 17.8 Å². The molecule has 0 radical (unpaired) electrons. The maximum absolute atomic E-state index is 13.2. The van der Waals surface area contributed by atoms with Crippen LogP contribution in [-0.4, -0.2) is 61.0 Å². The van der Waals surface area contributed by atoms with Gasteiger partial charge in [0.1, 0.15) is 0 Å². The molecule has 0 saturated carbocycles. The lowest BCUT2D eigenvalue weighted by Gasteiger charge is -2.40. The molecule has 0 aromatic heterocycles. The molecule has 0 unspecified atom stereocenters. The summed E-state index contributed by atoms with van der Waals surface area (Å²) in [6.07, 6.45) is -6.49. The minimum absolute atomic E-state index is 0.0993. The van der Waals surface area contributed by atoms with Gasteiger partial charge in [0.15, 0.2) is 0 Å². The molecule has 5 nitrogen and oxygen atoms in total. The first-order valence-electron chi connectivity index (χ1n) is 12.7. The monoisotopic (exact) mass is 536 g/mol. The SMILES string of the molecule is CCOC(=O)CN1CCC(C2CCN(C(=O)[C@H](C)Cc3cc(C(F)(F)F)cc(C(F)(F)F)c3)CC2)CC1. The summed E-state index contributed by atoms with van der Waals surface area (Å²) in [6, 6.07) is 1.49. The van der Waals surface area contributed by atoms with E-state index < -0.39 is 29.4 Å². The number of benzene rings is 1. The molecule has 37 heavy (non-hydrogen) atoms. The summed E-state index contributed by atoms with van der Waals surface area (Å²) in [7, 11) is 0. The highest BCUT2D eigenvalue weighted by atomic mass is 19.4. The Balaban J connectivity index is 1.52. The van der Waals surface area contributed by atoms with E-state index in [1.807, 2.05) is 0 Å². The van der Waals surface area contributed by atoms with Crippen LogP contribution in [0.3, 0.4) is 0 Å². The highest BCUT2D eigenvalue weighted by molar-refractivity contribution is 5.79. The van der Waals surface area contributed by atoms with Gasteiger partial charge in [-0.25, -0.2) is 0 Å². The number of nitrogens with zero attached hydrogens (tertiary/aromatic N) is 2. The molecule has 2 aliphatic rings. The van der Waals surface area contributed by atoms with E-state index in [2.05, 4.69) is 4.90 Å². The lowest BCUT2D eigenvalue weighted by atomic mass is 9.78. The Morgan fingerprint density at radius 3 is 1.84 bits per heavy atom. The van der Waals surface area contributed by atoms with Crippen molar-refractivity contribution in [2.75, 3.05) is 39.3 Å². The third-order valence-corrected chi connectivity index (χ3v) is 7.42. The highest BCUT2D eigenvalue weighted by Crippen LogP contribution is 2.37. The van der Waals surface area contributed by atoms with Gasteiger partial charge >= 0.3 is 18.3 Å². The van der Waals surface area contributed by atoms with E-state index in [4.69, 9.17) is 4.74 Å². The molecule has 2 aliphatic heterocycles. The number of carbonyl (C=O) groups is 2. The molecule has 208 valence electrons. The molecular weight excluding hydrogens is 502 g/mol. The van der Waals surface area contributed by atoms with Crippen molar-refractivity contribution >= 4 is 11.9 Å². The van der Waals surface area contributed by atoms with Crippen LogP contribution in [-0.2, 0) is 33.1 Å². The number of halogens is 6. The first-order chi connectivity index (χ1) is 17.3. The van der Waals surface area contributed by atoms with Gasteiger partial charge in [-0.15, -0.1) is 0 Å². The number of hydrogen-bond acceptors (Lipinski definition) is 4. The summed E-state index contributed by atoms with van der Waals surface area (Å²) in [5.41, 5.74) is -2.90. The van der Waals surface area contributed by atoms with Crippen LogP contribution in [0.15, 0.2) is 18.2 Å². The largest absolute Gasteiger partial charge is 0.465 e. The number of amides is 1. The molecule has 1 aromatic rings. The number of hydrogen-bond donors (Lipinski definition) is 0. The standard InChI is InChI=1S/C26H34F6N2O3/c1-3-37-23(35)16-33-8-4-19(5-9-33)20-6-10-34(11-7-20)24(36)17(2)12-18-13-21(25(27,28)29)15-22(14-18)26(30,31)32/h13-15,17,19-20H,3-12,16H2,1-2H3/t17-/m1/s1. The summed E-state index contributed by atoms with van der Waals surface area (Å²) in [6.45, 7) is 6.65. The minimum atomic E-state index is -4.92. The summed E-state index contributed by atoms with van der Waals surface area (Å²) >= 11 is 0. The van der Waals surface area contributed by atoms with Crippen molar-refractivity contribution in [1.82, 2.24) is 9.80 Å². The molecule has 2 heterocycles. The van der Waals surface area contributed by atoms with Crippen LogP contribution < -0.4 is 0 Å². The van der Waals surface area contributed by atoms with E-state index in [0.29, 0.717) is 50.2 Å². The third kappa shape index (κ3) is 8.09. The number of rotatable bonds is 7. The second kappa shape index (κ2) is 12.0. The molecule has 2 fully saturated rings. The molecule has 0 bridgehead atoms. The first kappa shape index (κ1) is 29.3. The van der Waals surface area contributed by atoms with Gasteiger partial charge in [-0.3, -0.25) is 14.5 Å². The van der Waals surface area contributed by atoms with Gasteiger partial charge < -0.3 is 9.64 Å². The minimum Gasteiger partial charge on any atom is -0.465 e. The average Bonchev–Trinajstić information content (AvgIpc) is 2.83. The second-order valence-electron chi connectivity index (χ2n) is 10.1. The number of ether oxygens (including phenoxy) is 1. The topological polar surface area (TPSA) is 49.9 Å². The Hall–Kier alpha value is -2.30. The van der Waals surface area contributed by atoms with Gasteiger partial charge in [-0.1, -0.05) is 6.92 Å². The molecule has 1 amide bonds. The quantitative estimate of drug-likeness (QED) is 0.345. The van der Waals surface area contributed by atoms with E-state index >= 15 is 0 Å². The fourth-order valence-electron chi connectivity index (χ4n) is 5.45. The molecule has 0 spiro atoms. The molecule has 1 atom stereocenters. The Labute approximate surface area is 213 Å². The van der Waals surface area contributed by atoms with Crippen molar-refractivity contribution < 1.29 is 40.7 Å². The summed E-state index contributed by atoms with van der Waals surface area (Å²) in [4.78, 5) is 28.4. The van der Waals surface area contributed by atoms with E-state index in [1.165, 1.54) is 0 Å². The number of alkyl halides is 6. The van der Waals surface area contributed by atoms with Gasteiger partial charge in [0.25, 0.3) is 0 Å². The molecule has 2 saturated heterocycles. The van der Waals surface area contributed by atoms with Gasteiger partial charge in [-0.2, -0.15) is 26.3 Å². The highest BCUT2D eigenvalue weighted by Gasteiger charge is 2.37. The van der Waals surface area contributed by atoms with E-state index in [9.17, 15) is 35.9 Å². The summed E-state index contributed by atoms with van der Waals surface area (Å²) in [5.74, 6) is -0.275. The van der Waals surface area contributed by atoms with Crippen molar-refractivity contribution in [2.45, 2.75) is 58.3 Å². The van der Waals surface area contributed by atoms with Crippen LogP contribution in [0.25, 0.3) is 0 Å². The van der Waals surface area contributed by atoms with E-state index in [1.54, 1.807) is 18.7 Å². The van der Waals surface area contributed by atoms with Crippen LogP contribution in [0.2, 0.25) is 0 Å². The van der Waals surface area contributed by atoms with Crippen LogP contribution in [0.1, 0.15) is 56.2 Å². The van der Waals surface area contributed by atoms with Crippen LogP contribution in [0.5, 0.6) is 0 Å². The number of likely N-dealkylation sites (tertiary alicyclic amines) is 2. The Morgan fingerprint density at radius 2 is 1.38 bits per heavy atom. The van der Waals surface area contributed by atoms with Gasteiger partial charge in [-0.05, 0) is 87.7 Å². The van der Waals surface area contributed by atoms with E-state index in [0.717, 1.165) is 38.8 Å².